The SMILES string of the molecule is C.COCCN1/C(=C/C=C/C2=[N+](CCCCCC(=O)O)c3ccc(S(=O)(=O)[O-])cc3C2(C)CCCS(=O)(=O)[O-])C(C)(CCCS(=O)(=O)[O-])c2cc(S(=O)(=O)[O-])ccc21. The van der Waals surface area contributed by atoms with Crippen molar-refractivity contribution < 1.29 is 71.1 Å². The quantitative estimate of drug-likeness (QED) is 0.106. The summed E-state index contributed by atoms with van der Waals surface area (Å²) in [7, 11) is -17.7. The van der Waals surface area contributed by atoms with Gasteiger partial charge in [0.1, 0.15) is 26.8 Å². The third kappa shape index (κ3) is 11.8. The average molecular weight is 890 g/mol. The van der Waals surface area contributed by atoms with Crippen molar-refractivity contribution in [2.75, 3.05) is 43.2 Å². The zero-order valence-corrected chi connectivity index (χ0v) is 34.8. The van der Waals surface area contributed by atoms with E-state index in [-0.39, 0.29) is 52.7 Å². The Hall–Kier alpha value is -3.54. The van der Waals surface area contributed by atoms with E-state index in [1.165, 1.54) is 31.4 Å². The Labute approximate surface area is 341 Å². The first-order valence-corrected chi connectivity index (χ1v) is 23.9. The van der Waals surface area contributed by atoms with E-state index in [0.717, 1.165) is 12.1 Å². The molecule has 17 nitrogen and oxygen atoms in total. The lowest BCUT2D eigenvalue weighted by molar-refractivity contribution is -0.438. The molecule has 0 amide bonds. The van der Waals surface area contributed by atoms with Crippen LogP contribution in [0.2, 0.25) is 0 Å². The van der Waals surface area contributed by atoms with Crippen LogP contribution in [0.25, 0.3) is 0 Å². The smallest absolute Gasteiger partial charge is 0.303 e. The monoisotopic (exact) mass is 889 g/mol. The van der Waals surface area contributed by atoms with Crippen molar-refractivity contribution >= 4 is 63.5 Å². The molecule has 324 valence electrons. The summed E-state index contributed by atoms with van der Waals surface area (Å²) < 4.78 is 150. The van der Waals surface area contributed by atoms with Gasteiger partial charge < -0.3 is 33.0 Å². The highest BCUT2D eigenvalue weighted by molar-refractivity contribution is 7.86. The Morgan fingerprint density at radius 1 is 0.793 bits per heavy atom. The molecule has 2 aliphatic rings. The lowest BCUT2D eigenvalue weighted by atomic mass is 9.75. The maximum absolute atomic E-state index is 12.2. The van der Waals surface area contributed by atoms with Gasteiger partial charge in [0, 0.05) is 72.5 Å². The molecule has 0 fully saturated rings. The first-order chi connectivity index (χ1) is 26.3. The molecule has 0 saturated carbocycles. The largest absolute Gasteiger partial charge is 0.748 e. The zero-order valence-electron chi connectivity index (χ0n) is 31.6. The Bertz CT molecular complexity index is 2410. The molecule has 0 radical (unpaired) electrons. The van der Waals surface area contributed by atoms with Crippen LogP contribution < -0.4 is 4.90 Å². The van der Waals surface area contributed by atoms with E-state index in [9.17, 15) is 56.7 Å². The second-order valence-electron chi connectivity index (χ2n) is 14.5. The van der Waals surface area contributed by atoms with Crippen LogP contribution in [0.1, 0.15) is 83.8 Å². The topological polar surface area (TPSA) is 282 Å². The Balaban J connectivity index is 0.00000900. The summed E-state index contributed by atoms with van der Waals surface area (Å²) in [4.78, 5) is 11.9. The molecule has 4 rings (SSSR count). The van der Waals surface area contributed by atoms with E-state index in [4.69, 9.17) is 9.84 Å². The number of carboxylic acids is 1. The van der Waals surface area contributed by atoms with Crippen molar-refractivity contribution in [2.24, 2.45) is 0 Å². The number of aliphatic carboxylic acids is 1. The highest BCUT2D eigenvalue weighted by Crippen LogP contribution is 2.51. The number of allylic oxidation sites excluding steroid dienone is 4. The number of hydrogen-bond donors (Lipinski definition) is 1. The average Bonchev–Trinajstić information content (AvgIpc) is 3.45. The number of hydrogen-bond acceptors (Lipinski definition) is 15. The molecule has 0 bridgehead atoms. The van der Waals surface area contributed by atoms with Crippen molar-refractivity contribution in [2.45, 2.75) is 93.3 Å². The first kappa shape index (κ1) is 48.8. The molecule has 1 N–H and O–H groups in total. The van der Waals surface area contributed by atoms with Crippen LogP contribution >= 0.6 is 0 Å². The van der Waals surface area contributed by atoms with Gasteiger partial charge in [-0.25, -0.2) is 33.7 Å². The Kier molecular flexibility index (Phi) is 15.8. The summed E-state index contributed by atoms with van der Waals surface area (Å²) in [6.07, 6.45) is 6.11. The standard InChI is InChI=1S/C36H48N2O15S4.CH4/c1-35(17-8-22-54(41,42)43)28-24-26(56(47,48)49)13-15-30(28)37(19-6-4-5-12-34(39)40)32(35)10-7-11-33-36(2,18-9-23-55(44,45)46)29-25-27(57(50,51)52)14-16-31(29)38(33)20-21-53-3;/h7,10-11,13-16,24-25H,4-6,8-9,12,17-23H2,1-3H3,(H4-,39,40,41,42,43,44,45,46,47,48,49,50,51,52);1H4/p-3. The van der Waals surface area contributed by atoms with Gasteiger partial charge in [-0.2, -0.15) is 4.58 Å². The van der Waals surface area contributed by atoms with Crippen LogP contribution in [-0.4, -0.2) is 112 Å². The highest BCUT2D eigenvalue weighted by Gasteiger charge is 2.48. The van der Waals surface area contributed by atoms with E-state index in [1.54, 1.807) is 32.1 Å². The molecule has 0 spiro atoms. The summed E-state index contributed by atoms with van der Waals surface area (Å²) in [6.45, 7) is 4.14. The molecular weight excluding hydrogens is 841 g/mol. The summed E-state index contributed by atoms with van der Waals surface area (Å²) in [6, 6.07) is 7.69. The zero-order chi connectivity index (χ0) is 42.6. The number of carboxylic acid groups (broad SMARTS) is 1. The van der Waals surface area contributed by atoms with Gasteiger partial charge in [0.2, 0.25) is 5.69 Å². The van der Waals surface area contributed by atoms with Gasteiger partial charge in [-0.3, -0.25) is 4.79 Å². The Morgan fingerprint density at radius 2 is 1.34 bits per heavy atom. The second-order valence-corrected chi connectivity index (χ2v) is 20.3. The maximum atomic E-state index is 12.2. The van der Waals surface area contributed by atoms with E-state index < -0.39 is 78.6 Å². The molecule has 58 heavy (non-hydrogen) atoms. The van der Waals surface area contributed by atoms with Crippen LogP contribution in [0, 0.1) is 0 Å². The molecular formula is C37H49N2O15S4-3. The number of nitrogens with zero attached hydrogens (tertiary/aromatic N) is 2. The van der Waals surface area contributed by atoms with E-state index in [1.807, 2.05) is 9.48 Å². The summed E-state index contributed by atoms with van der Waals surface area (Å²) in [5.74, 6) is -2.40. The molecule has 2 heterocycles. The van der Waals surface area contributed by atoms with Gasteiger partial charge in [-0.15, -0.1) is 0 Å². The molecule has 2 aliphatic heterocycles. The fourth-order valence-electron chi connectivity index (χ4n) is 7.72. The number of benzene rings is 2. The van der Waals surface area contributed by atoms with E-state index in [0.29, 0.717) is 59.7 Å². The minimum atomic E-state index is -4.93. The molecule has 0 aliphatic carbocycles. The third-order valence-electron chi connectivity index (χ3n) is 10.4. The predicted molar refractivity (Wildman–Crippen MR) is 210 cm³/mol. The fraction of sp³-hybridized carbons (Fsp3) is 0.514. The maximum Gasteiger partial charge on any atom is 0.303 e. The van der Waals surface area contributed by atoms with Crippen molar-refractivity contribution in [1.82, 2.24) is 0 Å². The third-order valence-corrected chi connectivity index (χ3v) is 13.7. The van der Waals surface area contributed by atoms with Gasteiger partial charge in [0.25, 0.3) is 0 Å². The molecule has 2 aromatic rings. The highest BCUT2D eigenvalue weighted by atomic mass is 32.2. The number of ether oxygens (including phenoxy) is 1. The summed E-state index contributed by atoms with van der Waals surface area (Å²) in [5, 5.41) is 9.12. The van der Waals surface area contributed by atoms with Gasteiger partial charge in [0.15, 0.2) is 5.71 Å². The normalized spacial score (nSPS) is 20.5. The molecule has 0 saturated heterocycles. The van der Waals surface area contributed by atoms with Gasteiger partial charge >= 0.3 is 5.97 Å². The summed E-state index contributed by atoms with van der Waals surface area (Å²) >= 11 is 0. The van der Waals surface area contributed by atoms with Crippen molar-refractivity contribution in [3.05, 3.63) is 71.5 Å². The number of rotatable bonds is 21. The molecule has 2 aromatic carbocycles. The van der Waals surface area contributed by atoms with Crippen LogP contribution in [0.3, 0.4) is 0 Å². The number of methoxy groups -OCH3 is 1. The number of carbonyl (C=O) groups is 1. The fourth-order valence-corrected chi connectivity index (χ4v) is 9.71. The molecule has 0 aromatic heterocycles. The first-order valence-electron chi connectivity index (χ1n) is 17.9. The van der Waals surface area contributed by atoms with E-state index >= 15 is 0 Å². The van der Waals surface area contributed by atoms with Crippen LogP contribution in [0.5, 0.6) is 0 Å². The predicted octanol–water partition coefficient (Wildman–Crippen LogP) is 3.65. The van der Waals surface area contributed by atoms with Crippen molar-refractivity contribution in [3.63, 3.8) is 0 Å². The van der Waals surface area contributed by atoms with Gasteiger partial charge in [-0.1, -0.05) is 13.5 Å². The summed E-state index contributed by atoms with van der Waals surface area (Å²) in [5.41, 5.74) is 0.488. The van der Waals surface area contributed by atoms with Gasteiger partial charge in [-0.05, 0) is 94.3 Å². The number of anilines is 1. The molecule has 21 heteroatoms. The van der Waals surface area contributed by atoms with Crippen molar-refractivity contribution in [3.8, 4) is 0 Å². The van der Waals surface area contributed by atoms with Gasteiger partial charge in [0.05, 0.1) is 42.0 Å². The minimum Gasteiger partial charge on any atom is -0.748 e. The lowest BCUT2D eigenvalue weighted by Crippen LogP contribution is -2.32. The lowest BCUT2D eigenvalue weighted by Gasteiger charge is -2.30. The van der Waals surface area contributed by atoms with E-state index in [2.05, 4.69) is 0 Å². The van der Waals surface area contributed by atoms with Crippen LogP contribution in [0.15, 0.2) is 70.1 Å². The Morgan fingerprint density at radius 3 is 1.88 bits per heavy atom. The second kappa shape index (κ2) is 18.8. The number of unbranched alkanes of at least 4 members (excludes halogenated alkanes) is 2. The molecule has 2 unspecified atom stereocenters. The number of fused-ring (bicyclic) bond motifs is 2. The minimum absolute atomic E-state index is 0. The molecule has 2 atom stereocenters. The van der Waals surface area contributed by atoms with Crippen molar-refractivity contribution in [1.29, 1.82) is 0 Å². The van der Waals surface area contributed by atoms with Crippen LogP contribution in [0.4, 0.5) is 11.4 Å². The van der Waals surface area contributed by atoms with Crippen LogP contribution in [-0.2, 0) is 60.8 Å².